The van der Waals surface area contributed by atoms with Crippen LogP contribution in [0.3, 0.4) is 0 Å². The van der Waals surface area contributed by atoms with Gasteiger partial charge in [0.25, 0.3) is 0 Å². The average Bonchev–Trinajstić information content (AvgIpc) is 2.13. The van der Waals surface area contributed by atoms with Gasteiger partial charge in [0.2, 0.25) is 0 Å². The van der Waals surface area contributed by atoms with Crippen LogP contribution >= 0.6 is 0 Å². The van der Waals surface area contributed by atoms with E-state index >= 15 is 0 Å². The van der Waals surface area contributed by atoms with Gasteiger partial charge in [-0.25, -0.2) is 0 Å². The van der Waals surface area contributed by atoms with Crippen molar-refractivity contribution in [3.63, 3.8) is 0 Å². The molecule has 1 unspecified atom stereocenters. The molecule has 0 saturated carbocycles. The molecule has 0 radical (unpaired) electrons. The minimum Gasteiger partial charge on any atom is -0.306 e. The van der Waals surface area contributed by atoms with Crippen LogP contribution in [0.5, 0.6) is 0 Å². The highest BCUT2D eigenvalue weighted by atomic mass is 15.2. The number of nitrogens with zero attached hydrogens (tertiary/aromatic N) is 1. The molecule has 1 aliphatic heterocycles. The molecule has 1 aromatic carbocycles. The maximum atomic E-state index is 2.38. The minimum absolute atomic E-state index is 0.720. The van der Waals surface area contributed by atoms with Crippen molar-refractivity contribution < 1.29 is 0 Å². The molecule has 1 nitrogen and oxygen atoms in total. The Morgan fingerprint density at radius 3 is 2.38 bits per heavy atom. The first-order valence-corrected chi connectivity index (χ1v) is 5.01. The van der Waals surface area contributed by atoms with Gasteiger partial charge in [0, 0.05) is 13.1 Å². The first-order chi connectivity index (χ1) is 6.27. The smallest absolute Gasteiger partial charge is 0.00247 e. The molecule has 1 aromatic rings. The van der Waals surface area contributed by atoms with E-state index < -0.39 is 0 Å². The van der Waals surface area contributed by atoms with Crippen LogP contribution in [0.1, 0.15) is 18.4 Å². The second-order valence-electron chi connectivity index (χ2n) is 4.18. The number of hydrogen-bond acceptors (Lipinski definition) is 1. The van der Waals surface area contributed by atoms with Gasteiger partial charge in [-0.15, -0.1) is 0 Å². The summed E-state index contributed by atoms with van der Waals surface area (Å²) in [5.41, 5.74) is 1.49. The summed E-state index contributed by atoms with van der Waals surface area (Å²) in [6.45, 7) is 4.86. The second kappa shape index (κ2) is 3.51. The van der Waals surface area contributed by atoms with Gasteiger partial charge in [-0.05, 0) is 24.4 Å². The molecule has 1 saturated heterocycles. The van der Waals surface area contributed by atoms with Crippen molar-refractivity contribution in [3.05, 3.63) is 35.9 Å². The normalized spacial score (nSPS) is 21.1. The molecule has 2 rings (SSSR count). The van der Waals surface area contributed by atoms with Crippen molar-refractivity contribution in [1.29, 1.82) is 0 Å². The summed E-state index contributed by atoms with van der Waals surface area (Å²) in [4.78, 5) is 2.38. The maximum Gasteiger partial charge on any atom is 0.00247 e. The van der Waals surface area contributed by atoms with Crippen LogP contribution in [-0.4, -0.2) is 25.0 Å². The van der Waals surface area contributed by atoms with E-state index in [-0.39, 0.29) is 0 Å². The van der Waals surface area contributed by atoms with Crippen molar-refractivity contribution in [2.45, 2.75) is 12.8 Å². The topological polar surface area (TPSA) is 3.24 Å². The van der Waals surface area contributed by atoms with E-state index in [4.69, 9.17) is 0 Å². The van der Waals surface area contributed by atoms with Crippen molar-refractivity contribution in [2.24, 2.45) is 5.92 Å². The monoisotopic (exact) mass is 175 g/mol. The van der Waals surface area contributed by atoms with Crippen LogP contribution < -0.4 is 0 Å². The summed E-state index contributed by atoms with van der Waals surface area (Å²) >= 11 is 0. The van der Waals surface area contributed by atoms with Crippen LogP contribution in [0, 0.1) is 5.92 Å². The summed E-state index contributed by atoms with van der Waals surface area (Å²) in [6.07, 6.45) is 0. The lowest BCUT2D eigenvalue weighted by Crippen LogP contribution is -2.45. The Bertz CT molecular complexity index is 262. The molecule has 1 fully saturated rings. The Balaban J connectivity index is 2.02. The first-order valence-electron chi connectivity index (χ1n) is 5.01. The van der Waals surface area contributed by atoms with E-state index in [9.17, 15) is 0 Å². The summed E-state index contributed by atoms with van der Waals surface area (Å²) in [6, 6.07) is 10.8. The van der Waals surface area contributed by atoms with Crippen LogP contribution in [0.4, 0.5) is 0 Å². The summed E-state index contributed by atoms with van der Waals surface area (Å²) < 4.78 is 0. The van der Waals surface area contributed by atoms with E-state index in [0.717, 1.165) is 11.8 Å². The molecule has 70 valence electrons. The quantitative estimate of drug-likeness (QED) is 0.667. The van der Waals surface area contributed by atoms with Gasteiger partial charge in [0.15, 0.2) is 0 Å². The van der Waals surface area contributed by atoms with Crippen LogP contribution in [-0.2, 0) is 0 Å². The second-order valence-corrected chi connectivity index (χ2v) is 4.18. The van der Waals surface area contributed by atoms with Gasteiger partial charge in [-0.2, -0.15) is 0 Å². The highest BCUT2D eigenvalue weighted by molar-refractivity contribution is 5.20. The highest BCUT2D eigenvalue weighted by Gasteiger charge is 2.28. The molecule has 0 aliphatic carbocycles. The van der Waals surface area contributed by atoms with E-state index in [1.807, 2.05) is 0 Å². The van der Waals surface area contributed by atoms with E-state index in [0.29, 0.717) is 0 Å². The zero-order valence-corrected chi connectivity index (χ0v) is 8.40. The number of benzene rings is 1. The summed E-state index contributed by atoms with van der Waals surface area (Å²) in [7, 11) is 2.19. The number of likely N-dealkylation sites (tertiary alicyclic amines) is 1. The summed E-state index contributed by atoms with van der Waals surface area (Å²) in [5, 5.41) is 0. The lowest BCUT2D eigenvalue weighted by Gasteiger charge is -2.40. The molecule has 1 atom stereocenters. The van der Waals surface area contributed by atoms with Crippen LogP contribution in [0.2, 0.25) is 0 Å². The fraction of sp³-hybridized carbons (Fsp3) is 0.500. The molecule has 0 amide bonds. The Kier molecular flexibility index (Phi) is 2.36. The Hall–Kier alpha value is -0.820. The predicted molar refractivity (Wildman–Crippen MR) is 55.8 cm³/mol. The van der Waals surface area contributed by atoms with Gasteiger partial charge in [0.05, 0.1) is 0 Å². The van der Waals surface area contributed by atoms with Gasteiger partial charge in [0.1, 0.15) is 0 Å². The molecule has 0 aromatic heterocycles. The highest BCUT2D eigenvalue weighted by Crippen LogP contribution is 2.30. The van der Waals surface area contributed by atoms with Crippen molar-refractivity contribution in [2.75, 3.05) is 20.1 Å². The Morgan fingerprint density at radius 2 is 1.85 bits per heavy atom. The zero-order valence-electron chi connectivity index (χ0n) is 8.40. The predicted octanol–water partition coefficient (Wildman–Crippen LogP) is 2.35. The third-order valence-electron chi connectivity index (χ3n) is 3.12. The van der Waals surface area contributed by atoms with E-state index in [1.165, 1.54) is 18.7 Å². The van der Waals surface area contributed by atoms with Gasteiger partial charge < -0.3 is 4.90 Å². The largest absolute Gasteiger partial charge is 0.306 e. The van der Waals surface area contributed by atoms with Crippen molar-refractivity contribution in [1.82, 2.24) is 4.90 Å². The Morgan fingerprint density at radius 1 is 1.23 bits per heavy atom. The third-order valence-corrected chi connectivity index (χ3v) is 3.12. The standard InChI is InChI=1S/C12H17N/c1-10(12-8-13(2)9-12)11-6-4-3-5-7-11/h3-7,10,12H,8-9H2,1-2H3. The van der Waals surface area contributed by atoms with Crippen molar-refractivity contribution in [3.8, 4) is 0 Å². The van der Waals surface area contributed by atoms with E-state index in [1.54, 1.807) is 0 Å². The maximum absolute atomic E-state index is 2.38. The van der Waals surface area contributed by atoms with Crippen molar-refractivity contribution >= 4 is 0 Å². The molecule has 1 heteroatoms. The fourth-order valence-corrected chi connectivity index (χ4v) is 2.09. The molecule has 1 aliphatic rings. The first kappa shape index (κ1) is 8.76. The lowest BCUT2D eigenvalue weighted by atomic mass is 9.83. The van der Waals surface area contributed by atoms with E-state index in [2.05, 4.69) is 49.2 Å². The van der Waals surface area contributed by atoms with Gasteiger partial charge in [-0.3, -0.25) is 0 Å². The van der Waals surface area contributed by atoms with Gasteiger partial charge in [-0.1, -0.05) is 37.3 Å². The molecule has 0 N–H and O–H groups in total. The molecular formula is C12H17N. The molecule has 0 spiro atoms. The SMILES string of the molecule is CC(c1ccccc1)C1CN(C)C1. The fourth-order valence-electron chi connectivity index (χ4n) is 2.09. The molecule has 1 heterocycles. The average molecular weight is 175 g/mol. The summed E-state index contributed by atoms with van der Waals surface area (Å²) in [5.74, 6) is 1.59. The minimum atomic E-state index is 0.720. The molecular weight excluding hydrogens is 158 g/mol. The number of rotatable bonds is 2. The molecule has 0 bridgehead atoms. The Labute approximate surface area is 80.4 Å². The van der Waals surface area contributed by atoms with Crippen LogP contribution in [0.15, 0.2) is 30.3 Å². The zero-order chi connectivity index (χ0) is 9.26. The third kappa shape index (κ3) is 1.75. The lowest BCUT2D eigenvalue weighted by molar-refractivity contribution is 0.115. The van der Waals surface area contributed by atoms with Gasteiger partial charge >= 0.3 is 0 Å². The number of hydrogen-bond donors (Lipinski definition) is 0. The molecule has 13 heavy (non-hydrogen) atoms. The van der Waals surface area contributed by atoms with Crippen LogP contribution in [0.25, 0.3) is 0 Å².